The number of carbonyl (C=O) groups excluding carboxylic acids is 2. The third-order valence-electron chi connectivity index (χ3n) is 5.90. The molecule has 7 nitrogen and oxygen atoms in total. The number of nitrogens with zero attached hydrogens (tertiary/aromatic N) is 2. The molecule has 0 saturated heterocycles. The van der Waals surface area contributed by atoms with Gasteiger partial charge in [-0.15, -0.1) is 0 Å². The smallest absolute Gasteiger partial charge is 0.264 e. The molecule has 3 aromatic carbocycles. The van der Waals surface area contributed by atoms with Gasteiger partial charge in [-0.25, -0.2) is 8.42 Å². The van der Waals surface area contributed by atoms with Gasteiger partial charge in [0, 0.05) is 13.6 Å². The number of amides is 2. The molecule has 10 heteroatoms. The molecule has 0 bridgehead atoms. The number of carbonyl (C=O) groups is 2. The van der Waals surface area contributed by atoms with E-state index >= 15 is 0 Å². The highest BCUT2D eigenvalue weighted by atomic mass is 35.5. The molecule has 3 rings (SSSR count). The largest absolute Gasteiger partial charge is 0.357 e. The maximum Gasteiger partial charge on any atom is 0.264 e. The van der Waals surface area contributed by atoms with Crippen LogP contribution in [0.1, 0.15) is 24.5 Å². The Morgan fingerprint density at radius 2 is 1.59 bits per heavy atom. The van der Waals surface area contributed by atoms with Gasteiger partial charge in [-0.2, -0.15) is 0 Å². The molecule has 0 aliphatic carbocycles. The SMILES string of the molecule is CC[C@@H](C(=O)NC)N(Cc1ccc(Cl)c(Cl)c1)C(=O)CN(c1ccc(C)cc1)S(=O)(=O)c1ccccc1. The lowest BCUT2D eigenvalue weighted by Crippen LogP contribution is -2.51. The second kappa shape index (κ2) is 12.4. The molecule has 1 N–H and O–H groups in total. The number of nitrogens with one attached hydrogen (secondary N) is 1. The van der Waals surface area contributed by atoms with Crippen LogP contribution in [0.25, 0.3) is 0 Å². The summed E-state index contributed by atoms with van der Waals surface area (Å²) < 4.78 is 28.5. The first-order chi connectivity index (χ1) is 17.6. The van der Waals surface area contributed by atoms with Gasteiger partial charge in [-0.1, -0.05) is 72.1 Å². The summed E-state index contributed by atoms with van der Waals surface area (Å²) in [5, 5.41) is 3.27. The summed E-state index contributed by atoms with van der Waals surface area (Å²) in [6.07, 6.45) is 0.322. The summed E-state index contributed by atoms with van der Waals surface area (Å²) in [6, 6.07) is 18.9. The van der Waals surface area contributed by atoms with Crippen LogP contribution < -0.4 is 9.62 Å². The number of hydrogen-bond donors (Lipinski definition) is 1. The fourth-order valence-corrected chi connectivity index (χ4v) is 5.64. The minimum absolute atomic E-state index is 0.0365. The van der Waals surface area contributed by atoms with Crippen LogP contribution in [-0.2, 0) is 26.2 Å². The van der Waals surface area contributed by atoms with Gasteiger partial charge in [0.05, 0.1) is 20.6 Å². The van der Waals surface area contributed by atoms with Crippen molar-refractivity contribution in [3.05, 3.63) is 94.0 Å². The van der Waals surface area contributed by atoms with Crippen LogP contribution in [-0.4, -0.2) is 44.8 Å². The molecular formula is C27H29Cl2N3O4S. The normalized spacial score (nSPS) is 12.0. The molecular weight excluding hydrogens is 533 g/mol. The molecule has 196 valence electrons. The fourth-order valence-electron chi connectivity index (χ4n) is 3.88. The molecule has 0 saturated carbocycles. The Hall–Kier alpha value is -3.07. The summed E-state index contributed by atoms with van der Waals surface area (Å²) in [6.45, 7) is 3.20. The molecule has 2 amide bonds. The topological polar surface area (TPSA) is 86.8 Å². The van der Waals surface area contributed by atoms with Gasteiger partial charge in [0.25, 0.3) is 10.0 Å². The van der Waals surface area contributed by atoms with Crippen LogP contribution in [0.5, 0.6) is 0 Å². The standard InChI is InChI=1S/C27H29Cl2N3O4S/c1-4-25(27(34)30-3)31(17-20-12-15-23(28)24(29)16-20)26(33)18-32(21-13-10-19(2)11-14-21)37(35,36)22-8-6-5-7-9-22/h5-16,25H,4,17-18H2,1-3H3,(H,30,34)/t25-/m0/s1. The van der Waals surface area contributed by atoms with E-state index < -0.39 is 28.5 Å². The van der Waals surface area contributed by atoms with Gasteiger partial charge in [-0.05, 0) is 55.3 Å². The van der Waals surface area contributed by atoms with Crippen molar-refractivity contribution in [2.45, 2.75) is 37.8 Å². The number of anilines is 1. The number of halogens is 2. The first-order valence-electron chi connectivity index (χ1n) is 11.7. The van der Waals surface area contributed by atoms with Crippen molar-refractivity contribution < 1.29 is 18.0 Å². The summed E-state index contributed by atoms with van der Waals surface area (Å²) in [5.41, 5.74) is 1.93. The van der Waals surface area contributed by atoms with Crippen molar-refractivity contribution in [1.29, 1.82) is 0 Å². The zero-order valence-corrected chi connectivity index (χ0v) is 23.1. The second-order valence-corrected chi connectivity index (χ2v) is 11.1. The van der Waals surface area contributed by atoms with Crippen molar-refractivity contribution in [3.63, 3.8) is 0 Å². The van der Waals surface area contributed by atoms with Crippen LogP contribution >= 0.6 is 23.2 Å². The quantitative estimate of drug-likeness (QED) is 0.375. The van der Waals surface area contributed by atoms with Crippen LogP contribution in [0.2, 0.25) is 10.0 Å². The zero-order valence-electron chi connectivity index (χ0n) is 20.8. The van der Waals surface area contributed by atoms with E-state index in [2.05, 4.69) is 5.32 Å². The highest BCUT2D eigenvalue weighted by Gasteiger charge is 2.33. The molecule has 0 radical (unpaired) electrons. The lowest BCUT2D eigenvalue weighted by Gasteiger charge is -2.33. The number of hydrogen-bond acceptors (Lipinski definition) is 4. The predicted molar refractivity (Wildman–Crippen MR) is 147 cm³/mol. The fraction of sp³-hybridized carbons (Fsp3) is 0.259. The van der Waals surface area contributed by atoms with Gasteiger partial charge < -0.3 is 10.2 Å². The van der Waals surface area contributed by atoms with E-state index in [1.807, 2.05) is 6.92 Å². The summed E-state index contributed by atoms with van der Waals surface area (Å²) in [4.78, 5) is 28.0. The Balaban J connectivity index is 2.05. The van der Waals surface area contributed by atoms with Crippen molar-refractivity contribution in [3.8, 4) is 0 Å². The molecule has 0 spiro atoms. The second-order valence-electron chi connectivity index (χ2n) is 8.47. The molecule has 3 aromatic rings. The lowest BCUT2D eigenvalue weighted by molar-refractivity contribution is -0.140. The van der Waals surface area contributed by atoms with Gasteiger partial charge in [0.1, 0.15) is 12.6 Å². The van der Waals surface area contributed by atoms with E-state index in [-0.39, 0.29) is 17.3 Å². The van der Waals surface area contributed by atoms with Crippen LogP contribution in [0.3, 0.4) is 0 Å². The van der Waals surface area contributed by atoms with Crippen molar-refractivity contribution >= 4 is 50.7 Å². The number of aryl methyl sites for hydroxylation is 1. The van der Waals surface area contributed by atoms with Crippen molar-refractivity contribution in [2.75, 3.05) is 17.9 Å². The highest BCUT2D eigenvalue weighted by molar-refractivity contribution is 7.92. The molecule has 0 fully saturated rings. The average molecular weight is 563 g/mol. The molecule has 0 heterocycles. The highest BCUT2D eigenvalue weighted by Crippen LogP contribution is 2.27. The lowest BCUT2D eigenvalue weighted by atomic mass is 10.1. The molecule has 0 aromatic heterocycles. The zero-order chi connectivity index (χ0) is 27.2. The number of likely N-dealkylation sites (N-methyl/N-ethyl adjacent to an activating group) is 1. The minimum atomic E-state index is -4.09. The van der Waals surface area contributed by atoms with E-state index in [1.165, 1.54) is 24.1 Å². The van der Waals surface area contributed by atoms with Crippen molar-refractivity contribution in [1.82, 2.24) is 10.2 Å². The van der Waals surface area contributed by atoms with Crippen molar-refractivity contribution in [2.24, 2.45) is 0 Å². The Bertz CT molecular complexity index is 1350. The number of benzene rings is 3. The number of sulfonamides is 1. The Labute approximate surface area is 228 Å². The van der Waals surface area contributed by atoms with E-state index in [0.717, 1.165) is 9.87 Å². The van der Waals surface area contributed by atoms with Crippen LogP contribution in [0.15, 0.2) is 77.7 Å². The Morgan fingerprint density at radius 3 is 2.16 bits per heavy atom. The summed E-state index contributed by atoms with van der Waals surface area (Å²) >= 11 is 12.2. The predicted octanol–water partition coefficient (Wildman–Crippen LogP) is 5.05. The maximum atomic E-state index is 13.8. The van der Waals surface area contributed by atoms with E-state index in [1.54, 1.807) is 67.6 Å². The maximum absolute atomic E-state index is 13.8. The molecule has 1 atom stereocenters. The molecule has 0 aliphatic heterocycles. The number of rotatable bonds is 10. The van der Waals surface area contributed by atoms with Gasteiger partial charge in [0.15, 0.2) is 0 Å². The Kier molecular flexibility index (Phi) is 9.59. The Morgan fingerprint density at radius 1 is 0.946 bits per heavy atom. The van der Waals surface area contributed by atoms with Gasteiger partial charge in [0.2, 0.25) is 11.8 Å². The summed E-state index contributed by atoms with van der Waals surface area (Å²) in [5.74, 6) is -0.898. The monoisotopic (exact) mass is 561 g/mol. The first-order valence-corrected chi connectivity index (χ1v) is 13.9. The molecule has 0 aliphatic rings. The van der Waals surface area contributed by atoms with Gasteiger partial charge in [-0.3, -0.25) is 13.9 Å². The molecule has 37 heavy (non-hydrogen) atoms. The molecule has 0 unspecified atom stereocenters. The van der Waals surface area contributed by atoms with E-state index in [9.17, 15) is 18.0 Å². The first kappa shape index (κ1) is 28.5. The summed E-state index contributed by atoms with van der Waals surface area (Å²) in [7, 11) is -2.60. The van der Waals surface area contributed by atoms with Crippen LogP contribution in [0.4, 0.5) is 5.69 Å². The van der Waals surface area contributed by atoms with Crippen LogP contribution in [0, 0.1) is 6.92 Å². The third-order valence-corrected chi connectivity index (χ3v) is 8.43. The average Bonchev–Trinajstić information content (AvgIpc) is 2.89. The van der Waals surface area contributed by atoms with E-state index in [4.69, 9.17) is 23.2 Å². The third kappa shape index (κ3) is 6.83. The minimum Gasteiger partial charge on any atom is -0.357 e. The van der Waals surface area contributed by atoms with Gasteiger partial charge >= 0.3 is 0 Å². The van der Waals surface area contributed by atoms with E-state index in [0.29, 0.717) is 27.7 Å².